The Morgan fingerprint density at radius 1 is 1.28 bits per heavy atom. The van der Waals surface area contributed by atoms with Crippen LogP contribution in [0.4, 0.5) is 0 Å². The number of carboxylic acid groups (broad SMARTS) is 1. The summed E-state index contributed by atoms with van der Waals surface area (Å²) in [6.07, 6.45) is 0. The lowest BCUT2D eigenvalue weighted by Gasteiger charge is -2.44. The van der Waals surface area contributed by atoms with E-state index in [1.54, 1.807) is 6.92 Å². The summed E-state index contributed by atoms with van der Waals surface area (Å²) in [7, 11) is 0. The van der Waals surface area contributed by atoms with Crippen molar-refractivity contribution in [2.75, 3.05) is 13.1 Å². The zero-order valence-corrected chi connectivity index (χ0v) is 11.9. The summed E-state index contributed by atoms with van der Waals surface area (Å²) in [5.41, 5.74) is -0.232. The number of carbonyl (C=O) groups excluding carboxylic acids is 1. The molecular weight excluding hydrogens is 232 g/mol. The van der Waals surface area contributed by atoms with Crippen molar-refractivity contribution in [3.8, 4) is 0 Å². The number of carboxylic acids is 1. The van der Waals surface area contributed by atoms with Crippen molar-refractivity contribution in [2.24, 2.45) is 11.8 Å². The minimum absolute atomic E-state index is 0.00364. The molecule has 104 valence electrons. The third-order valence-electron chi connectivity index (χ3n) is 3.46. The van der Waals surface area contributed by atoms with Gasteiger partial charge in [-0.2, -0.15) is 0 Å². The molecule has 18 heavy (non-hydrogen) atoms. The van der Waals surface area contributed by atoms with E-state index < -0.39 is 5.97 Å². The van der Waals surface area contributed by atoms with E-state index in [0.29, 0.717) is 13.1 Å². The van der Waals surface area contributed by atoms with E-state index in [2.05, 4.69) is 5.32 Å². The Kier molecular flexibility index (Phi) is 4.37. The van der Waals surface area contributed by atoms with Gasteiger partial charge >= 0.3 is 5.97 Å². The number of nitrogens with zero attached hydrogens (tertiary/aromatic N) is 1. The quantitative estimate of drug-likeness (QED) is 0.785. The molecule has 0 aromatic heterocycles. The molecule has 0 aliphatic carbocycles. The first kappa shape index (κ1) is 15.0. The van der Waals surface area contributed by atoms with Crippen LogP contribution in [0, 0.1) is 11.8 Å². The van der Waals surface area contributed by atoms with Crippen molar-refractivity contribution in [1.29, 1.82) is 0 Å². The van der Waals surface area contributed by atoms with E-state index in [1.165, 1.54) is 0 Å². The third kappa shape index (κ3) is 3.70. The number of hydrogen-bond donors (Lipinski definition) is 2. The zero-order valence-electron chi connectivity index (χ0n) is 11.9. The predicted octanol–water partition coefficient (Wildman–Crippen LogP) is 0.942. The average Bonchev–Trinajstić information content (AvgIpc) is 2.11. The Balaban J connectivity index is 2.41. The zero-order chi connectivity index (χ0) is 14.1. The van der Waals surface area contributed by atoms with E-state index in [4.69, 9.17) is 5.11 Å². The Morgan fingerprint density at radius 2 is 1.78 bits per heavy atom. The number of carbonyl (C=O) groups is 2. The van der Waals surface area contributed by atoms with Crippen LogP contribution < -0.4 is 5.32 Å². The van der Waals surface area contributed by atoms with Crippen LogP contribution in [-0.2, 0) is 9.59 Å². The third-order valence-corrected chi connectivity index (χ3v) is 3.46. The molecule has 1 heterocycles. The van der Waals surface area contributed by atoms with Gasteiger partial charge in [-0.05, 0) is 33.6 Å². The molecule has 1 aliphatic rings. The fourth-order valence-electron chi connectivity index (χ4n) is 2.02. The van der Waals surface area contributed by atoms with Crippen LogP contribution in [0.3, 0.4) is 0 Å². The summed E-state index contributed by atoms with van der Waals surface area (Å²) in [6, 6.07) is -0.193. The van der Waals surface area contributed by atoms with Gasteiger partial charge < -0.3 is 10.4 Å². The maximum atomic E-state index is 11.9. The topological polar surface area (TPSA) is 69.6 Å². The summed E-state index contributed by atoms with van der Waals surface area (Å²) in [6.45, 7) is 10.8. The number of likely N-dealkylation sites (tertiary alicyclic amines) is 1. The summed E-state index contributed by atoms with van der Waals surface area (Å²) >= 11 is 0. The molecule has 0 aromatic rings. The van der Waals surface area contributed by atoms with Crippen LogP contribution in [0.15, 0.2) is 0 Å². The Hall–Kier alpha value is -1.10. The average molecular weight is 256 g/mol. The Labute approximate surface area is 109 Å². The second-order valence-electron chi connectivity index (χ2n) is 6.26. The first-order chi connectivity index (χ1) is 8.11. The van der Waals surface area contributed by atoms with E-state index >= 15 is 0 Å². The lowest BCUT2D eigenvalue weighted by molar-refractivity contribution is -0.146. The molecule has 0 spiro atoms. The van der Waals surface area contributed by atoms with Gasteiger partial charge in [-0.25, -0.2) is 0 Å². The molecule has 5 heteroatoms. The molecule has 2 N–H and O–H groups in total. The van der Waals surface area contributed by atoms with Crippen molar-refractivity contribution < 1.29 is 14.7 Å². The smallest absolute Gasteiger partial charge is 0.306 e. The van der Waals surface area contributed by atoms with E-state index in [1.807, 2.05) is 32.6 Å². The van der Waals surface area contributed by atoms with Crippen molar-refractivity contribution in [1.82, 2.24) is 10.2 Å². The number of rotatable bonds is 4. The van der Waals surface area contributed by atoms with Gasteiger partial charge in [0.2, 0.25) is 5.91 Å². The fraction of sp³-hybridized carbons (Fsp3) is 0.846. The van der Waals surface area contributed by atoms with Crippen molar-refractivity contribution in [3.63, 3.8) is 0 Å². The Morgan fingerprint density at radius 3 is 2.17 bits per heavy atom. The SMILES string of the molecule is CC(C(=O)O)C1CN(C(C)C(=O)NC(C)(C)C)C1. The van der Waals surface area contributed by atoms with Gasteiger partial charge in [-0.15, -0.1) is 0 Å². The second kappa shape index (κ2) is 5.26. The summed E-state index contributed by atoms with van der Waals surface area (Å²) < 4.78 is 0. The second-order valence-corrected chi connectivity index (χ2v) is 6.26. The lowest BCUT2D eigenvalue weighted by atomic mass is 9.86. The highest BCUT2D eigenvalue weighted by atomic mass is 16.4. The molecule has 2 unspecified atom stereocenters. The van der Waals surface area contributed by atoms with Crippen LogP contribution >= 0.6 is 0 Å². The highest BCUT2D eigenvalue weighted by molar-refractivity contribution is 5.82. The van der Waals surface area contributed by atoms with Crippen LogP contribution in [0.1, 0.15) is 34.6 Å². The van der Waals surface area contributed by atoms with Crippen LogP contribution in [0.5, 0.6) is 0 Å². The monoisotopic (exact) mass is 256 g/mol. The summed E-state index contributed by atoms with van der Waals surface area (Å²) in [5.74, 6) is -0.929. The molecular formula is C13H24N2O3. The van der Waals surface area contributed by atoms with Gasteiger partial charge in [0.05, 0.1) is 12.0 Å². The fourth-order valence-corrected chi connectivity index (χ4v) is 2.02. The number of hydrogen-bond acceptors (Lipinski definition) is 3. The van der Waals surface area contributed by atoms with Gasteiger partial charge in [0.25, 0.3) is 0 Å². The highest BCUT2D eigenvalue weighted by Crippen LogP contribution is 2.26. The first-order valence-electron chi connectivity index (χ1n) is 6.40. The standard InChI is InChI=1S/C13H24N2O3/c1-8(12(17)18)10-6-15(7-10)9(2)11(16)14-13(3,4)5/h8-10H,6-7H2,1-5H3,(H,14,16)(H,17,18). The highest BCUT2D eigenvalue weighted by Gasteiger charge is 2.39. The van der Waals surface area contributed by atoms with Gasteiger partial charge in [0.1, 0.15) is 0 Å². The molecule has 5 nitrogen and oxygen atoms in total. The molecule has 0 radical (unpaired) electrons. The van der Waals surface area contributed by atoms with Gasteiger partial charge in [-0.1, -0.05) is 6.92 Å². The van der Waals surface area contributed by atoms with Gasteiger partial charge in [0, 0.05) is 18.6 Å². The van der Waals surface area contributed by atoms with Crippen molar-refractivity contribution in [3.05, 3.63) is 0 Å². The van der Waals surface area contributed by atoms with E-state index in [9.17, 15) is 9.59 Å². The lowest BCUT2D eigenvalue weighted by Crippen LogP contribution is -2.59. The molecule has 1 rings (SSSR count). The number of nitrogens with one attached hydrogen (secondary N) is 1. The van der Waals surface area contributed by atoms with Gasteiger partial charge in [-0.3, -0.25) is 14.5 Å². The van der Waals surface area contributed by atoms with Crippen LogP contribution in [0.2, 0.25) is 0 Å². The molecule has 1 saturated heterocycles. The summed E-state index contributed by atoms with van der Waals surface area (Å²) in [5, 5.41) is 11.8. The van der Waals surface area contributed by atoms with Crippen LogP contribution in [-0.4, -0.2) is 46.6 Å². The molecule has 2 atom stereocenters. The molecule has 1 amide bonds. The van der Waals surface area contributed by atoms with Crippen molar-refractivity contribution in [2.45, 2.75) is 46.2 Å². The number of amides is 1. The molecule has 0 aromatic carbocycles. The molecule has 1 aliphatic heterocycles. The maximum absolute atomic E-state index is 11.9. The van der Waals surface area contributed by atoms with Crippen molar-refractivity contribution >= 4 is 11.9 Å². The molecule has 0 saturated carbocycles. The summed E-state index contributed by atoms with van der Waals surface area (Å²) in [4.78, 5) is 24.8. The minimum atomic E-state index is -0.758. The van der Waals surface area contributed by atoms with Crippen LogP contribution in [0.25, 0.3) is 0 Å². The normalized spacial score (nSPS) is 20.9. The van der Waals surface area contributed by atoms with E-state index in [0.717, 1.165) is 0 Å². The first-order valence-corrected chi connectivity index (χ1v) is 6.40. The predicted molar refractivity (Wildman–Crippen MR) is 69.2 cm³/mol. The Bertz CT molecular complexity index is 330. The maximum Gasteiger partial charge on any atom is 0.306 e. The minimum Gasteiger partial charge on any atom is -0.481 e. The largest absolute Gasteiger partial charge is 0.481 e. The molecule has 0 bridgehead atoms. The van der Waals surface area contributed by atoms with E-state index in [-0.39, 0.29) is 29.3 Å². The molecule has 1 fully saturated rings. The number of aliphatic carboxylic acids is 1. The van der Waals surface area contributed by atoms with Gasteiger partial charge in [0.15, 0.2) is 0 Å².